The summed E-state index contributed by atoms with van der Waals surface area (Å²) in [4.78, 5) is 8.18. The molecule has 0 atom stereocenters. The molecule has 3 rings (SSSR count). The molecule has 6 heteroatoms. The van der Waals surface area contributed by atoms with E-state index in [0.29, 0.717) is 23.4 Å². The lowest BCUT2D eigenvalue weighted by Gasteiger charge is -2.10. The van der Waals surface area contributed by atoms with Crippen LogP contribution in [0.2, 0.25) is 5.15 Å². The van der Waals surface area contributed by atoms with Gasteiger partial charge in [-0.1, -0.05) is 41.9 Å². The van der Waals surface area contributed by atoms with Crippen LogP contribution in [0.3, 0.4) is 0 Å². The Bertz CT molecular complexity index is 742. The van der Waals surface area contributed by atoms with E-state index in [2.05, 4.69) is 27.2 Å². The van der Waals surface area contributed by atoms with Crippen molar-refractivity contribution < 1.29 is 4.74 Å². The third kappa shape index (κ3) is 2.97. The van der Waals surface area contributed by atoms with Crippen molar-refractivity contribution in [3.63, 3.8) is 0 Å². The van der Waals surface area contributed by atoms with E-state index in [1.807, 2.05) is 25.1 Å². The van der Waals surface area contributed by atoms with Gasteiger partial charge < -0.3 is 4.74 Å². The van der Waals surface area contributed by atoms with Gasteiger partial charge >= 0.3 is 0 Å². The van der Waals surface area contributed by atoms with E-state index in [4.69, 9.17) is 16.3 Å². The zero-order valence-corrected chi connectivity index (χ0v) is 12.4. The van der Waals surface area contributed by atoms with E-state index in [9.17, 15) is 0 Å². The SMILES string of the molecule is Cc1c(Cl)nc2ncnn2c1OCCCc1ccccc1. The zero-order chi connectivity index (χ0) is 14.7. The fraction of sp³-hybridized carbons (Fsp3) is 0.267. The van der Waals surface area contributed by atoms with Crippen LogP contribution in [0.15, 0.2) is 36.7 Å². The maximum atomic E-state index is 6.09. The minimum Gasteiger partial charge on any atom is -0.477 e. The molecule has 0 saturated heterocycles. The molecule has 1 aromatic carbocycles. The molecule has 2 aromatic heterocycles. The molecule has 0 spiro atoms. The third-order valence-electron chi connectivity index (χ3n) is 3.24. The summed E-state index contributed by atoms with van der Waals surface area (Å²) in [6, 6.07) is 10.3. The lowest BCUT2D eigenvalue weighted by atomic mass is 10.1. The van der Waals surface area contributed by atoms with Gasteiger partial charge in [-0.15, -0.1) is 0 Å². The number of aryl methyl sites for hydroxylation is 1. The monoisotopic (exact) mass is 302 g/mol. The molecule has 5 nitrogen and oxygen atoms in total. The first-order chi connectivity index (χ1) is 10.3. The van der Waals surface area contributed by atoms with Gasteiger partial charge in [0.05, 0.1) is 6.61 Å². The van der Waals surface area contributed by atoms with Crippen LogP contribution in [0.1, 0.15) is 17.5 Å². The van der Waals surface area contributed by atoms with Crippen molar-refractivity contribution in [1.29, 1.82) is 0 Å². The highest BCUT2D eigenvalue weighted by molar-refractivity contribution is 6.30. The summed E-state index contributed by atoms with van der Waals surface area (Å²) in [7, 11) is 0. The number of rotatable bonds is 5. The van der Waals surface area contributed by atoms with Crippen molar-refractivity contribution in [3.05, 3.63) is 52.9 Å². The summed E-state index contributed by atoms with van der Waals surface area (Å²) in [6.45, 7) is 2.45. The number of hydrogen-bond acceptors (Lipinski definition) is 4. The van der Waals surface area contributed by atoms with Gasteiger partial charge in [0.2, 0.25) is 5.88 Å². The van der Waals surface area contributed by atoms with Crippen molar-refractivity contribution in [3.8, 4) is 5.88 Å². The van der Waals surface area contributed by atoms with Crippen LogP contribution in [-0.2, 0) is 6.42 Å². The quantitative estimate of drug-likeness (QED) is 0.537. The second-order valence-electron chi connectivity index (χ2n) is 4.74. The van der Waals surface area contributed by atoms with Crippen molar-refractivity contribution in [2.75, 3.05) is 6.61 Å². The van der Waals surface area contributed by atoms with Crippen LogP contribution in [0, 0.1) is 6.92 Å². The number of aromatic nitrogens is 4. The van der Waals surface area contributed by atoms with Gasteiger partial charge in [-0.3, -0.25) is 0 Å². The topological polar surface area (TPSA) is 52.3 Å². The Kier molecular flexibility index (Phi) is 4.01. The fourth-order valence-corrected chi connectivity index (χ4v) is 2.29. The standard InChI is InChI=1S/C15H15ClN4O/c1-11-13(16)19-15-17-10-18-20(15)14(11)21-9-5-8-12-6-3-2-4-7-12/h2-4,6-7,10H,5,8-9H2,1H3. The van der Waals surface area contributed by atoms with Gasteiger partial charge in [-0.2, -0.15) is 19.6 Å². The van der Waals surface area contributed by atoms with Crippen molar-refractivity contribution >= 4 is 17.4 Å². The Morgan fingerprint density at radius 3 is 2.86 bits per heavy atom. The average Bonchev–Trinajstić information content (AvgIpc) is 2.96. The Morgan fingerprint density at radius 1 is 1.24 bits per heavy atom. The largest absolute Gasteiger partial charge is 0.477 e. The number of halogens is 1. The number of benzene rings is 1. The first kappa shape index (κ1) is 13.8. The molecule has 0 unspecified atom stereocenters. The minimum absolute atomic E-state index is 0.397. The molecule has 0 amide bonds. The second kappa shape index (κ2) is 6.10. The molecule has 2 heterocycles. The fourth-order valence-electron chi connectivity index (χ4n) is 2.13. The lowest BCUT2D eigenvalue weighted by Crippen LogP contribution is -2.07. The molecule has 0 radical (unpaired) electrons. The lowest BCUT2D eigenvalue weighted by molar-refractivity contribution is 0.289. The Balaban J connectivity index is 1.68. The molecule has 0 aliphatic rings. The predicted octanol–water partition coefficient (Wildman–Crippen LogP) is 3.10. The van der Waals surface area contributed by atoms with E-state index in [-0.39, 0.29) is 0 Å². The molecule has 3 aromatic rings. The summed E-state index contributed by atoms with van der Waals surface area (Å²) in [5, 5.41) is 4.51. The number of ether oxygens (including phenoxy) is 1. The maximum absolute atomic E-state index is 6.09. The first-order valence-corrected chi connectivity index (χ1v) is 7.16. The van der Waals surface area contributed by atoms with E-state index in [1.165, 1.54) is 11.9 Å². The van der Waals surface area contributed by atoms with Crippen LogP contribution in [0.25, 0.3) is 5.78 Å². The van der Waals surface area contributed by atoms with Gasteiger partial charge in [0.1, 0.15) is 11.5 Å². The summed E-state index contributed by atoms with van der Waals surface area (Å²) < 4.78 is 7.42. The van der Waals surface area contributed by atoms with Gasteiger partial charge in [0.15, 0.2) is 0 Å². The molecule has 0 aliphatic carbocycles. The van der Waals surface area contributed by atoms with Crippen molar-refractivity contribution in [2.24, 2.45) is 0 Å². The summed E-state index contributed by atoms with van der Waals surface area (Å²) in [5.41, 5.74) is 2.07. The van der Waals surface area contributed by atoms with E-state index in [1.54, 1.807) is 4.52 Å². The van der Waals surface area contributed by atoms with Crippen molar-refractivity contribution in [1.82, 2.24) is 19.6 Å². The average molecular weight is 303 g/mol. The summed E-state index contributed by atoms with van der Waals surface area (Å²) in [6.07, 6.45) is 3.33. The van der Waals surface area contributed by atoms with Crippen LogP contribution < -0.4 is 4.74 Å². The van der Waals surface area contributed by atoms with Crippen LogP contribution in [0.4, 0.5) is 0 Å². The molecule has 0 saturated carbocycles. The van der Waals surface area contributed by atoms with Gasteiger partial charge in [0.25, 0.3) is 5.78 Å². The molecular weight excluding hydrogens is 288 g/mol. The van der Waals surface area contributed by atoms with Gasteiger partial charge in [-0.05, 0) is 25.3 Å². The molecule has 0 fully saturated rings. The van der Waals surface area contributed by atoms with E-state index < -0.39 is 0 Å². The summed E-state index contributed by atoms with van der Waals surface area (Å²) >= 11 is 6.09. The Hall–Kier alpha value is -2.14. The smallest absolute Gasteiger partial charge is 0.256 e. The van der Waals surface area contributed by atoms with Gasteiger partial charge in [0, 0.05) is 5.56 Å². The normalized spacial score (nSPS) is 11.0. The maximum Gasteiger partial charge on any atom is 0.256 e. The van der Waals surface area contributed by atoms with Crippen LogP contribution >= 0.6 is 11.6 Å². The number of hydrogen-bond donors (Lipinski definition) is 0. The Labute approximate surface area is 127 Å². The molecule has 108 valence electrons. The van der Waals surface area contributed by atoms with Crippen LogP contribution in [0.5, 0.6) is 5.88 Å². The predicted molar refractivity (Wildman–Crippen MR) is 80.8 cm³/mol. The zero-order valence-electron chi connectivity index (χ0n) is 11.7. The molecular formula is C15H15ClN4O. The highest BCUT2D eigenvalue weighted by Crippen LogP contribution is 2.24. The molecule has 0 bridgehead atoms. The molecule has 21 heavy (non-hydrogen) atoms. The van der Waals surface area contributed by atoms with Crippen molar-refractivity contribution in [2.45, 2.75) is 19.8 Å². The highest BCUT2D eigenvalue weighted by Gasteiger charge is 2.13. The number of fused-ring (bicyclic) bond motifs is 1. The van der Waals surface area contributed by atoms with E-state index in [0.717, 1.165) is 18.4 Å². The molecule has 0 N–H and O–H groups in total. The highest BCUT2D eigenvalue weighted by atomic mass is 35.5. The van der Waals surface area contributed by atoms with E-state index >= 15 is 0 Å². The molecule has 0 aliphatic heterocycles. The number of nitrogens with zero attached hydrogens (tertiary/aromatic N) is 4. The van der Waals surface area contributed by atoms with Crippen LogP contribution in [-0.4, -0.2) is 26.2 Å². The summed E-state index contributed by atoms with van der Waals surface area (Å²) in [5.74, 6) is 1.05. The Morgan fingerprint density at radius 2 is 2.05 bits per heavy atom. The van der Waals surface area contributed by atoms with Gasteiger partial charge in [-0.25, -0.2) is 0 Å². The minimum atomic E-state index is 0.397. The second-order valence-corrected chi connectivity index (χ2v) is 5.10. The third-order valence-corrected chi connectivity index (χ3v) is 3.61. The first-order valence-electron chi connectivity index (χ1n) is 6.78.